The molecule has 2 aromatic rings. The van der Waals surface area contributed by atoms with E-state index in [-0.39, 0.29) is 0 Å². The van der Waals surface area contributed by atoms with E-state index in [1.807, 2.05) is 39.2 Å². The summed E-state index contributed by atoms with van der Waals surface area (Å²) in [6.07, 6.45) is 3.60. The lowest BCUT2D eigenvalue weighted by molar-refractivity contribution is 0.128. The highest BCUT2D eigenvalue weighted by atomic mass is 16.5. The number of aryl methyl sites for hydroxylation is 1. The molecule has 5 heteroatoms. The predicted molar refractivity (Wildman–Crippen MR) is 74.9 cm³/mol. The molecule has 0 aliphatic rings. The second-order valence-electron chi connectivity index (χ2n) is 4.13. The average Bonchev–Trinajstić information content (AvgIpc) is 2.45. The summed E-state index contributed by atoms with van der Waals surface area (Å²) in [6, 6.07) is 3.89. The third kappa shape index (κ3) is 3.26. The van der Waals surface area contributed by atoms with E-state index in [2.05, 4.69) is 20.3 Å². The van der Waals surface area contributed by atoms with Crippen molar-refractivity contribution in [3.05, 3.63) is 35.9 Å². The van der Waals surface area contributed by atoms with Crippen LogP contribution in [-0.2, 0) is 11.3 Å². The molecule has 2 aromatic heterocycles. The molecule has 2 heterocycles. The normalized spacial score (nSPS) is 10.5. The van der Waals surface area contributed by atoms with Crippen molar-refractivity contribution in [3.63, 3.8) is 0 Å². The first-order valence-electron chi connectivity index (χ1n) is 6.29. The fourth-order valence-electron chi connectivity index (χ4n) is 1.78. The van der Waals surface area contributed by atoms with Gasteiger partial charge in [0.1, 0.15) is 12.4 Å². The van der Waals surface area contributed by atoms with Crippen molar-refractivity contribution in [3.8, 4) is 11.3 Å². The first-order chi connectivity index (χ1) is 9.24. The molecule has 0 aromatic carbocycles. The molecule has 0 spiro atoms. The van der Waals surface area contributed by atoms with Crippen molar-refractivity contribution in [2.75, 3.05) is 19.0 Å². The van der Waals surface area contributed by atoms with Gasteiger partial charge in [0.2, 0.25) is 0 Å². The maximum atomic E-state index is 5.38. The molecule has 2 rings (SSSR count). The van der Waals surface area contributed by atoms with Crippen molar-refractivity contribution < 1.29 is 4.74 Å². The van der Waals surface area contributed by atoms with Crippen LogP contribution in [0.5, 0.6) is 0 Å². The number of nitrogens with one attached hydrogen (secondary N) is 1. The Morgan fingerprint density at radius 2 is 2.16 bits per heavy atom. The van der Waals surface area contributed by atoms with Crippen molar-refractivity contribution in [2.24, 2.45) is 0 Å². The Morgan fingerprint density at radius 1 is 1.32 bits per heavy atom. The van der Waals surface area contributed by atoms with Crippen LogP contribution in [0.3, 0.4) is 0 Å². The number of aromatic nitrogens is 3. The van der Waals surface area contributed by atoms with Crippen LogP contribution in [-0.4, -0.2) is 28.6 Å². The maximum Gasteiger partial charge on any atom is 0.157 e. The van der Waals surface area contributed by atoms with Gasteiger partial charge in [0, 0.05) is 37.7 Å². The molecule has 0 saturated heterocycles. The van der Waals surface area contributed by atoms with Gasteiger partial charge in [-0.1, -0.05) is 0 Å². The number of pyridine rings is 1. The van der Waals surface area contributed by atoms with E-state index < -0.39 is 0 Å². The zero-order chi connectivity index (χ0) is 13.7. The summed E-state index contributed by atoms with van der Waals surface area (Å²) in [4.78, 5) is 13.0. The molecule has 0 radical (unpaired) electrons. The standard InChI is InChI=1S/C14H18N4O/c1-4-19-9-14-17-12(7-13(15-3)18-14)11-5-6-16-8-10(11)2/h5-8H,4,9H2,1-3H3,(H,15,17,18). The lowest BCUT2D eigenvalue weighted by Crippen LogP contribution is -2.04. The van der Waals surface area contributed by atoms with Gasteiger partial charge in [-0.3, -0.25) is 4.98 Å². The molecule has 100 valence electrons. The Hall–Kier alpha value is -2.01. The second-order valence-corrected chi connectivity index (χ2v) is 4.13. The van der Waals surface area contributed by atoms with Gasteiger partial charge >= 0.3 is 0 Å². The van der Waals surface area contributed by atoms with Gasteiger partial charge in [0.15, 0.2) is 5.82 Å². The predicted octanol–water partition coefficient (Wildman–Crippen LogP) is 2.43. The Labute approximate surface area is 113 Å². The molecule has 0 amide bonds. The van der Waals surface area contributed by atoms with Crippen LogP contribution in [0, 0.1) is 6.92 Å². The third-order valence-electron chi connectivity index (χ3n) is 2.76. The van der Waals surface area contributed by atoms with Gasteiger partial charge in [-0.15, -0.1) is 0 Å². The van der Waals surface area contributed by atoms with Crippen LogP contribution >= 0.6 is 0 Å². The zero-order valence-electron chi connectivity index (χ0n) is 11.5. The largest absolute Gasteiger partial charge is 0.374 e. The van der Waals surface area contributed by atoms with Crippen LogP contribution in [0.2, 0.25) is 0 Å². The smallest absolute Gasteiger partial charge is 0.157 e. The summed E-state index contributed by atoms with van der Waals surface area (Å²) in [5.41, 5.74) is 3.03. The molecule has 0 saturated carbocycles. The molecule has 1 N–H and O–H groups in total. The highest BCUT2D eigenvalue weighted by molar-refractivity contribution is 5.65. The Bertz CT molecular complexity index is 557. The zero-order valence-corrected chi connectivity index (χ0v) is 11.5. The number of nitrogens with zero attached hydrogens (tertiary/aromatic N) is 3. The molecular formula is C14H18N4O. The molecule has 0 aliphatic heterocycles. The molecule has 0 bridgehead atoms. The topological polar surface area (TPSA) is 59.9 Å². The summed E-state index contributed by atoms with van der Waals surface area (Å²) in [5, 5.41) is 3.05. The molecule has 0 fully saturated rings. The number of hydrogen-bond donors (Lipinski definition) is 1. The van der Waals surface area contributed by atoms with E-state index in [1.54, 1.807) is 6.20 Å². The van der Waals surface area contributed by atoms with Crippen molar-refractivity contribution in [2.45, 2.75) is 20.5 Å². The molecule has 0 unspecified atom stereocenters. The number of anilines is 1. The summed E-state index contributed by atoms with van der Waals surface area (Å²) >= 11 is 0. The van der Waals surface area contributed by atoms with Gasteiger partial charge < -0.3 is 10.1 Å². The van der Waals surface area contributed by atoms with Crippen molar-refractivity contribution in [1.82, 2.24) is 15.0 Å². The monoisotopic (exact) mass is 258 g/mol. The molecule has 19 heavy (non-hydrogen) atoms. The minimum atomic E-state index is 0.420. The molecular weight excluding hydrogens is 240 g/mol. The van der Waals surface area contributed by atoms with Gasteiger partial charge in [-0.05, 0) is 25.5 Å². The first-order valence-corrected chi connectivity index (χ1v) is 6.29. The average molecular weight is 258 g/mol. The Morgan fingerprint density at radius 3 is 2.84 bits per heavy atom. The van der Waals surface area contributed by atoms with E-state index >= 15 is 0 Å². The Kier molecular flexibility index (Phi) is 4.41. The van der Waals surface area contributed by atoms with Crippen LogP contribution in [0.15, 0.2) is 24.5 Å². The van der Waals surface area contributed by atoms with Gasteiger partial charge in [0.05, 0.1) is 5.69 Å². The van der Waals surface area contributed by atoms with E-state index in [4.69, 9.17) is 4.74 Å². The van der Waals surface area contributed by atoms with Crippen LogP contribution in [0.1, 0.15) is 18.3 Å². The second kappa shape index (κ2) is 6.24. The highest BCUT2D eigenvalue weighted by Gasteiger charge is 2.08. The lowest BCUT2D eigenvalue weighted by Gasteiger charge is -2.09. The molecule has 5 nitrogen and oxygen atoms in total. The fourth-order valence-corrected chi connectivity index (χ4v) is 1.78. The molecule has 0 atom stereocenters. The van der Waals surface area contributed by atoms with E-state index in [1.165, 1.54) is 0 Å². The highest BCUT2D eigenvalue weighted by Crippen LogP contribution is 2.22. The fraction of sp³-hybridized carbons (Fsp3) is 0.357. The number of hydrogen-bond acceptors (Lipinski definition) is 5. The third-order valence-corrected chi connectivity index (χ3v) is 2.76. The maximum absolute atomic E-state index is 5.38. The van der Waals surface area contributed by atoms with Crippen molar-refractivity contribution in [1.29, 1.82) is 0 Å². The van der Waals surface area contributed by atoms with Gasteiger partial charge in [-0.25, -0.2) is 9.97 Å². The number of ether oxygens (including phenoxy) is 1. The van der Waals surface area contributed by atoms with Crippen LogP contribution < -0.4 is 5.32 Å². The SMILES string of the molecule is CCOCc1nc(NC)cc(-c2ccncc2C)n1. The molecule has 0 aliphatic carbocycles. The van der Waals surface area contributed by atoms with E-state index in [9.17, 15) is 0 Å². The summed E-state index contributed by atoms with van der Waals surface area (Å²) < 4.78 is 5.38. The quantitative estimate of drug-likeness (QED) is 0.892. The summed E-state index contributed by atoms with van der Waals surface area (Å²) in [7, 11) is 1.84. The van der Waals surface area contributed by atoms with Crippen LogP contribution in [0.4, 0.5) is 5.82 Å². The van der Waals surface area contributed by atoms with E-state index in [0.717, 1.165) is 22.6 Å². The van der Waals surface area contributed by atoms with Gasteiger partial charge in [0.25, 0.3) is 0 Å². The lowest BCUT2D eigenvalue weighted by atomic mass is 10.1. The summed E-state index contributed by atoms with van der Waals surface area (Å²) in [6.45, 7) is 5.04. The van der Waals surface area contributed by atoms with Crippen LogP contribution in [0.25, 0.3) is 11.3 Å². The first kappa shape index (κ1) is 13.4. The van der Waals surface area contributed by atoms with Crippen molar-refractivity contribution >= 4 is 5.82 Å². The minimum absolute atomic E-state index is 0.420. The number of rotatable bonds is 5. The van der Waals surface area contributed by atoms with Gasteiger partial charge in [-0.2, -0.15) is 0 Å². The summed E-state index contributed by atoms with van der Waals surface area (Å²) in [5.74, 6) is 1.47. The minimum Gasteiger partial charge on any atom is -0.374 e. The Balaban J connectivity index is 2.42. The van der Waals surface area contributed by atoms with E-state index in [0.29, 0.717) is 19.0 Å².